The van der Waals surface area contributed by atoms with Gasteiger partial charge in [0, 0.05) is 18.5 Å². The van der Waals surface area contributed by atoms with Gasteiger partial charge in [-0.2, -0.15) is 0 Å². The van der Waals surface area contributed by atoms with Crippen LogP contribution in [0.1, 0.15) is 40.5 Å². The first-order valence-corrected chi connectivity index (χ1v) is 6.11. The molecule has 0 atom stereocenters. The van der Waals surface area contributed by atoms with E-state index < -0.39 is 5.60 Å². The minimum atomic E-state index is -0.478. The lowest BCUT2D eigenvalue weighted by Gasteiger charge is -2.59. The molecule has 2 bridgehead atoms. The minimum Gasteiger partial charge on any atom is -0.444 e. The normalized spacial score (nSPS) is 36.1. The summed E-state index contributed by atoms with van der Waals surface area (Å²) in [6.45, 7) is 8.91. The Bertz CT molecular complexity index is 350. The van der Waals surface area contributed by atoms with E-state index >= 15 is 0 Å². The van der Waals surface area contributed by atoms with Gasteiger partial charge in [-0.25, -0.2) is 4.79 Å². The Hall–Kier alpha value is -1.06. The van der Waals surface area contributed by atoms with Crippen molar-refractivity contribution in [2.24, 2.45) is 10.8 Å². The molecular formula is C13H21NO3. The number of hydrogen-bond acceptors (Lipinski definition) is 3. The van der Waals surface area contributed by atoms with Crippen molar-refractivity contribution in [2.45, 2.75) is 46.1 Å². The van der Waals surface area contributed by atoms with Crippen molar-refractivity contribution in [1.29, 1.82) is 0 Å². The van der Waals surface area contributed by atoms with Crippen LogP contribution in [0.5, 0.6) is 0 Å². The molecule has 2 aliphatic heterocycles. The van der Waals surface area contributed by atoms with E-state index in [1.165, 1.54) is 0 Å². The summed E-state index contributed by atoms with van der Waals surface area (Å²) < 4.78 is 5.35. The third-order valence-electron chi connectivity index (χ3n) is 3.54. The van der Waals surface area contributed by atoms with Crippen molar-refractivity contribution in [2.75, 3.05) is 13.1 Å². The molecule has 1 amide bonds. The zero-order valence-corrected chi connectivity index (χ0v) is 11.1. The van der Waals surface area contributed by atoms with E-state index in [2.05, 4.69) is 6.92 Å². The molecule has 0 aromatic carbocycles. The fourth-order valence-electron chi connectivity index (χ4n) is 3.34. The third kappa shape index (κ3) is 2.31. The van der Waals surface area contributed by atoms with Gasteiger partial charge in [-0.15, -0.1) is 0 Å². The molecule has 17 heavy (non-hydrogen) atoms. The summed E-state index contributed by atoms with van der Waals surface area (Å²) in [7, 11) is 0. The maximum atomic E-state index is 12.0. The van der Waals surface area contributed by atoms with Gasteiger partial charge in [-0.1, -0.05) is 6.92 Å². The second kappa shape index (κ2) is 3.47. The van der Waals surface area contributed by atoms with Crippen LogP contribution in [-0.4, -0.2) is 36.0 Å². The summed E-state index contributed by atoms with van der Waals surface area (Å²) >= 11 is 0. The van der Waals surface area contributed by atoms with Crippen molar-refractivity contribution in [3.05, 3.63) is 0 Å². The van der Waals surface area contributed by atoms with E-state index in [0.717, 1.165) is 19.1 Å². The number of nitrogens with zero attached hydrogens (tertiary/aromatic N) is 1. The second-order valence-corrected chi connectivity index (χ2v) is 6.98. The smallest absolute Gasteiger partial charge is 0.410 e. The Morgan fingerprint density at radius 3 is 2.35 bits per heavy atom. The number of ether oxygens (including phenoxy) is 1. The van der Waals surface area contributed by atoms with Crippen molar-refractivity contribution in [3.63, 3.8) is 0 Å². The number of aldehydes is 1. The summed E-state index contributed by atoms with van der Waals surface area (Å²) in [5.41, 5.74) is -0.673. The van der Waals surface area contributed by atoms with Crippen LogP contribution < -0.4 is 0 Å². The average molecular weight is 239 g/mol. The number of fused-ring (bicyclic) bond motifs is 2. The Morgan fingerprint density at radius 2 is 1.88 bits per heavy atom. The Balaban J connectivity index is 2.04. The van der Waals surface area contributed by atoms with E-state index in [1.807, 2.05) is 20.8 Å². The largest absolute Gasteiger partial charge is 0.444 e. The van der Waals surface area contributed by atoms with Crippen molar-refractivity contribution < 1.29 is 14.3 Å². The number of hydrogen-bond donors (Lipinski definition) is 0. The zero-order valence-electron chi connectivity index (χ0n) is 11.1. The average Bonchev–Trinajstić information content (AvgIpc) is 2.12. The van der Waals surface area contributed by atoms with Crippen LogP contribution in [0.15, 0.2) is 0 Å². The highest BCUT2D eigenvalue weighted by atomic mass is 16.6. The molecular weight excluding hydrogens is 218 g/mol. The molecule has 96 valence electrons. The van der Waals surface area contributed by atoms with Gasteiger partial charge in [-0.05, 0) is 39.0 Å². The van der Waals surface area contributed by atoms with Crippen LogP contribution in [0, 0.1) is 10.8 Å². The molecule has 0 aromatic rings. The van der Waals surface area contributed by atoms with Crippen LogP contribution in [0.4, 0.5) is 4.79 Å². The molecule has 2 heterocycles. The van der Waals surface area contributed by atoms with Gasteiger partial charge in [0.1, 0.15) is 11.9 Å². The minimum absolute atomic E-state index is 0.107. The summed E-state index contributed by atoms with van der Waals surface area (Å²) in [6, 6.07) is 0. The van der Waals surface area contributed by atoms with Crippen LogP contribution in [0.3, 0.4) is 0 Å². The molecule has 3 rings (SSSR count). The standard InChI is InChI=1S/C13H21NO3/c1-11(2,3)17-10(16)14-7-12(4)5-13(6-12,8-14)9-15/h9H,5-8H2,1-4H3. The van der Waals surface area contributed by atoms with E-state index in [-0.39, 0.29) is 16.9 Å². The van der Waals surface area contributed by atoms with Gasteiger partial charge in [-0.3, -0.25) is 0 Å². The molecule has 0 spiro atoms. The first kappa shape index (κ1) is 12.4. The molecule has 1 saturated carbocycles. The number of piperidine rings is 2. The van der Waals surface area contributed by atoms with E-state index in [0.29, 0.717) is 13.1 Å². The summed E-state index contributed by atoms with van der Waals surface area (Å²) in [6.07, 6.45) is 2.53. The second-order valence-electron chi connectivity index (χ2n) is 6.98. The molecule has 0 N–H and O–H groups in total. The molecule has 3 fully saturated rings. The zero-order chi connectivity index (χ0) is 12.9. The SMILES string of the molecule is CC12CN(C(=O)OC(C)(C)C)CC(C=O)(C1)C2. The van der Waals surface area contributed by atoms with E-state index in [1.54, 1.807) is 4.90 Å². The lowest BCUT2D eigenvalue weighted by molar-refractivity contribution is -0.148. The van der Waals surface area contributed by atoms with E-state index in [4.69, 9.17) is 4.74 Å². The quantitative estimate of drug-likeness (QED) is 0.659. The molecule has 0 unspecified atom stereocenters. The molecule has 1 aliphatic carbocycles. The number of carbonyl (C=O) groups is 2. The highest BCUT2D eigenvalue weighted by molar-refractivity contribution is 5.71. The maximum Gasteiger partial charge on any atom is 0.410 e. The monoisotopic (exact) mass is 239 g/mol. The fraction of sp³-hybridized carbons (Fsp3) is 0.846. The molecule has 0 radical (unpaired) electrons. The Kier molecular flexibility index (Phi) is 2.53. The predicted molar refractivity (Wildman–Crippen MR) is 63.6 cm³/mol. The summed E-state index contributed by atoms with van der Waals surface area (Å²) in [4.78, 5) is 24.8. The number of carbonyl (C=O) groups excluding carboxylic acids is 2. The van der Waals surface area contributed by atoms with Gasteiger partial charge >= 0.3 is 6.09 Å². The van der Waals surface area contributed by atoms with Gasteiger partial charge < -0.3 is 14.4 Å². The summed E-state index contributed by atoms with van der Waals surface area (Å²) in [5, 5.41) is 0. The highest BCUT2D eigenvalue weighted by Gasteiger charge is 2.58. The number of rotatable bonds is 1. The first-order chi connectivity index (χ1) is 7.67. The van der Waals surface area contributed by atoms with Crippen molar-refractivity contribution in [3.8, 4) is 0 Å². The summed E-state index contributed by atoms with van der Waals surface area (Å²) in [5.74, 6) is 0. The lowest BCUT2D eigenvalue weighted by atomic mass is 9.51. The van der Waals surface area contributed by atoms with Crippen molar-refractivity contribution in [1.82, 2.24) is 4.90 Å². The molecule has 2 saturated heterocycles. The van der Waals surface area contributed by atoms with E-state index in [9.17, 15) is 9.59 Å². The predicted octanol–water partition coefficient (Wildman–Crippen LogP) is 2.22. The van der Waals surface area contributed by atoms with Gasteiger partial charge in [0.05, 0.1) is 0 Å². The van der Waals surface area contributed by atoms with Crippen LogP contribution in [0.25, 0.3) is 0 Å². The Labute approximate surface area is 102 Å². The molecule has 0 aromatic heterocycles. The van der Waals surface area contributed by atoms with Gasteiger partial charge in [0.25, 0.3) is 0 Å². The highest BCUT2D eigenvalue weighted by Crippen LogP contribution is 2.57. The molecule has 4 heteroatoms. The Morgan fingerprint density at radius 1 is 1.29 bits per heavy atom. The van der Waals surface area contributed by atoms with Crippen molar-refractivity contribution >= 4 is 12.4 Å². The fourth-order valence-corrected chi connectivity index (χ4v) is 3.34. The molecule has 4 nitrogen and oxygen atoms in total. The lowest BCUT2D eigenvalue weighted by Crippen LogP contribution is -2.64. The first-order valence-electron chi connectivity index (χ1n) is 6.11. The third-order valence-corrected chi connectivity index (χ3v) is 3.54. The molecule has 3 aliphatic rings. The van der Waals surface area contributed by atoms with Crippen LogP contribution >= 0.6 is 0 Å². The number of amides is 1. The van der Waals surface area contributed by atoms with Gasteiger partial charge in [0.2, 0.25) is 0 Å². The van der Waals surface area contributed by atoms with Crippen LogP contribution in [-0.2, 0) is 9.53 Å². The topological polar surface area (TPSA) is 46.6 Å². The van der Waals surface area contributed by atoms with Gasteiger partial charge in [0.15, 0.2) is 0 Å². The maximum absolute atomic E-state index is 12.0. The van der Waals surface area contributed by atoms with Crippen LogP contribution in [0.2, 0.25) is 0 Å².